The third-order valence-electron chi connectivity index (χ3n) is 3.20. The van der Waals surface area contributed by atoms with Crippen LogP contribution >= 0.6 is 11.6 Å². The van der Waals surface area contributed by atoms with Crippen LogP contribution in [0.5, 0.6) is 0 Å². The van der Waals surface area contributed by atoms with Crippen molar-refractivity contribution in [1.82, 2.24) is 5.32 Å². The minimum absolute atomic E-state index is 0.0773. The molecule has 0 bridgehead atoms. The van der Waals surface area contributed by atoms with Gasteiger partial charge in [0, 0.05) is 11.1 Å². The lowest BCUT2D eigenvalue weighted by molar-refractivity contribution is -0.125. The van der Waals surface area contributed by atoms with Crippen LogP contribution in [0.3, 0.4) is 0 Å². The fourth-order valence-electron chi connectivity index (χ4n) is 1.87. The standard InChI is InChI=1S/C14H15ClFNO3/c1-8(9-2-3-9)17-13(18)7-20-14(19)11-5-4-10(15)6-12(11)16/h4-6,8-9H,2-3,7H2,1H3,(H,17,18)/t8-/m0/s1. The van der Waals surface area contributed by atoms with Crippen molar-refractivity contribution in [3.63, 3.8) is 0 Å². The van der Waals surface area contributed by atoms with E-state index in [0.29, 0.717) is 5.92 Å². The number of hydrogen-bond acceptors (Lipinski definition) is 3. The van der Waals surface area contributed by atoms with Crippen LogP contribution in [0.15, 0.2) is 18.2 Å². The Bertz CT molecular complexity index is 531. The second-order valence-electron chi connectivity index (χ2n) is 4.89. The van der Waals surface area contributed by atoms with Gasteiger partial charge in [0.25, 0.3) is 5.91 Å². The molecule has 0 saturated heterocycles. The zero-order valence-electron chi connectivity index (χ0n) is 11.0. The molecule has 0 unspecified atom stereocenters. The van der Waals surface area contributed by atoms with Crippen LogP contribution in [0, 0.1) is 11.7 Å². The van der Waals surface area contributed by atoms with E-state index in [-0.39, 0.29) is 22.5 Å². The first-order valence-corrected chi connectivity index (χ1v) is 6.76. The molecule has 1 atom stereocenters. The Morgan fingerprint density at radius 2 is 2.20 bits per heavy atom. The topological polar surface area (TPSA) is 55.4 Å². The Balaban J connectivity index is 1.83. The minimum Gasteiger partial charge on any atom is -0.452 e. The summed E-state index contributed by atoms with van der Waals surface area (Å²) >= 11 is 5.59. The van der Waals surface area contributed by atoms with E-state index in [1.807, 2.05) is 6.92 Å². The zero-order chi connectivity index (χ0) is 14.7. The molecule has 1 aromatic rings. The lowest BCUT2D eigenvalue weighted by Crippen LogP contribution is -2.37. The predicted molar refractivity (Wildman–Crippen MR) is 72.0 cm³/mol. The lowest BCUT2D eigenvalue weighted by Gasteiger charge is -2.12. The van der Waals surface area contributed by atoms with E-state index in [1.54, 1.807) is 0 Å². The van der Waals surface area contributed by atoms with Crippen molar-refractivity contribution in [2.45, 2.75) is 25.8 Å². The molecular formula is C14H15ClFNO3. The molecule has 1 N–H and O–H groups in total. The monoisotopic (exact) mass is 299 g/mol. The van der Waals surface area contributed by atoms with Gasteiger partial charge in [0.15, 0.2) is 6.61 Å². The van der Waals surface area contributed by atoms with Gasteiger partial charge >= 0.3 is 5.97 Å². The molecule has 1 amide bonds. The summed E-state index contributed by atoms with van der Waals surface area (Å²) < 4.78 is 18.2. The fraction of sp³-hybridized carbons (Fsp3) is 0.429. The highest BCUT2D eigenvalue weighted by atomic mass is 35.5. The summed E-state index contributed by atoms with van der Waals surface area (Å²) in [5.74, 6) is -1.52. The van der Waals surface area contributed by atoms with E-state index in [2.05, 4.69) is 5.32 Å². The first kappa shape index (κ1) is 14.8. The highest BCUT2D eigenvalue weighted by Gasteiger charge is 2.29. The summed E-state index contributed by atoms with van der Waals surface area (Å²) in [5.41, 5.74) is -0.238. The smallest absolute Gasteiger partial charge is 0.341 e. The van der Waals surface area contributed by atoms with Gasteiger partial charge in [-0.05, 0) is 43.9 Å². The van der Waals surface area contributed by atoms with E-state index in [0.717, 1.165) is 18.9 Å². The Kier molecular flexibility index (Phi) is 4.60. The maximum absolute atomic E-state index is 13.5. The molecule has 108 valence electrons. The number of carbonyl (C=O) groups is 2. The van der Waals surface area contributed by atoms with Crippen LogP contribution in [0.1, 0.15) is 30.1 Å². The van der Waals surface area contributed by atoms with Crippen molar-refractivity contribution in [3.05, 3.63) is 34.6 Å². The summed E-state index contributed by atoms with van der Waals surface area (Å²) in [4.78, 5) is 23.2. The highest BCUT2D eigenvalue weighted by Crippen LogP contribution is 2.32. The number of esters is 1. The van der Waals surface area contributed by atoms with Crippen molar-refractivity contribution in [3.8, 4) is 0 Å². The lowest BCUT2D eigenvalue weighted by atomic mass is 10.2. The van der Waals surface area contributed by atoms with E-state index in [1.165, 1.54) is 12.1 Å². The average molecular weight is 300 g/mol. The van der Waals surface area contributed by atoms with E-state index >= 15 is 0 Å². The molecule has 0 aromatic heterocycles. The summed E-state index contributed by atoms with van der Waals surface area (Å²) in [7, 11) is 0. The number of benzene rings is 1. The molecule has 6 heteroatoms. The number of halogens is 2. The molecule has 1 fully saturated rings. The summed E-state index contributed by atoms with van der Waals surface area (Å²) in [6.45, 7) is 1.49. The SMILES string of the molecule is C[C@H](NC(=O)COC(=O)c1ccc(Cl)cc1F)C1CC1. The molecule has 1 aliphatic carbocycles. The Hall–Kier alpha value is -1.62. The Morgan fingerprint density at radius 1 is 1.50 bits per heavy atom. The third-order valence-corrected chi connectivity index (χ3v) is 3.44. The van der Waals surface area contributed by atoms with Gasteiger partial charge in [0.2, 0.25) is 0 Å². The van der Waals surface area contributed by atoms with E-state index < -0.39 is 18.4 Å². The van der Waals surface area contributed by atoms with Crippen molar-refractivity contribution in [2.75, 3.05) is 6.61 Å². The molecule has 1 saturated carbocycles. The normalized spacial score (nSPS) is 15.6. The molecule has 0 heterocycles. The van der Waals surface area contributed by atoms with Gasteiger partial charge in [-0.2, -0.15) is 0 Å². The first-order chi connectivity index (χ1) is 9.47. The van der Waals surface area contributed by atoms with Gasteiger partial charge in [-0.3, -0.25) is 4.79 Å². The molecule has 4 nitrogen and oxygen atoms in total. The van der Waals surface area contributed by atoms with Crippen LogP contribution in [-0.4, -0.2) is 24.5 Å². The van der Waals surface area contributed by atoms with Crippen molar-refractivity contribution < 1.29 is 18.7 Å². The number of nitrogens with one attached hydrogen (secondary N) is 1. The fourth-order valence-corrected chi connectivity index (χ4v) is 2.03. The van der Waals surface area contributed by atoms with Crippen LogP contribution < -0.4 is 5.32 Å². The molecule has 20 heavy (non-hydrogen) atoms. The second kappa shape index (κ2) is 6.22. The maximum Gasteiger partial charge on any atom is 0.341 e. The van der Waals surface area contributed by atoms with Crippen molar-refractivity contribution in [2.24, 2.45) is 5.92 Å². The maximum atomic E-state index is 13.5. The Labute approximate surface area is 121 Å². The van der Waals surface area contributed by atoms with Gasteiger partial charge in [-0.1, -0.05) is 11.6 Å². The van der Waals surface area contributed by atoms with E-state index in [4.69, 9.17) is 16.3 Å². The molecule has 0 radical (unpaired) electrons. The van der Waals surface area contributed by atoms with Gasteiger partial charge in [0.05, 0.1) is 5.56 Å². The van der Waals surface area contributed by atoms with Crippen LogP contribution in [0.2, 0.25) is 5.02 Å². The van der Waals surface area contributed by atoms with Crippen LogP contribution in [-0.2, 0) is 9.53 Å². The molecule has 0 aliphatic heterocycles. The van der Waals surface area contributed by atoms with Gasteiger partial charge in [0.1, 0.15) is 5.82 Å². The number of amides is 1. The van der Waals surface area contributed by atoms with E-state index in [9.17, 15) is 14.0 Å². The quantitative estimate of drug-likeness (QED) is 0.850. The first-order valence-electron chi connectivity index (χ1n) is 6.39. The summed E-state index contributed by atoms with van der Waals surface area (Å²) in [6.07, 6.45) is 2.22. The Morgan fingerprint density at radius 3 is 2.80 bits per heavy atom. The molecule has 2 rings (SSSR count). The summed E-state index contributed by atoms with van der Waals surface area (Å²) in [6, 6.07) is 3.71. The molecule has 0 spiro atoms. The van der Waals surface area contributed by atoms with Gasteiger partial charge in [-0.15, -0.1) is 0 Å². The number of rotatable bonds is 5. The largest absolute Gasteiger partial charge is 0.452 e. The molecule has 1 aromatic carbocycles. The van der Waals surface area contributed by atoms with Crippen molar-refractivity contribution >= 4 is 23.5 Å². The highest BCUT2D eigenvalue weighted by molar-refractivity contribution is 6.30. The van der Waals surface area contributed by atoms with Gasteiger partial charge in [-0.25, -0.2) is 9.18 Å². The van der Waals surface area contributed by atoms with Crippen LogP contribution in [0.4, 0.5) is 4.39 Å². The second-order valence-corrected chi connectivity index (χ2v) is 5.33. The average Bonchev–Trinajstić information content (AvgIpc) is 3.20. The summed E-state index contributed by atoms with van der Waals surface area (Å²) in [5, 5.41) is 2.93. The zero-order valence-corrected chi connectivity index (χ0v) is 11.7. The number of hydrogen-bond donors (Lipinski definition) is 1. The third kappa shape index (κ3) is 3.93. The van der Waals surface area contributed by atoms with Crippen LogP contribution in [0.25, 0.3) is 0 Å². The minimum atomic E-state index is -0.881. The van der Waals surface area contributed by atoms with Crippen molar-refractivity contribution in [1.29, 1.82) is 0 Å². The van der Waals surface area contributed by atoms with Gasteiger partial charge < -0.3 is 10.1 Å². The molecule has 1 aliphatic rings. The number of ether oxygens (including phenoxy) is 1. The number of carbonyl (C=O) groups excluding carboxylic acids is 2. The molecular weight excluding hydrogens is 285 g/mol. The predicted octanol–water partition coefficient (Wildman–Crippen LogP) is 2.55.